The maximum atomic E-state index is 11.5. The molecule has 0 radical (unpaired) electrons. The van der Waals surface area contributed by atoms with Crippen LogP contribution >= 0.6 is 0 Å². The number of carbonyl (C=O) groups is 2. The topological polar surface area (TPSA) is 90.9 Å². The molecule has 1 atom stereocenters. The number of urea groups is 1. The Balaban J connectivity index is 3.64. The monoisotopic (exact) mass is 303 g/mol. The molecular formula is C14H29N3O4. The molecule has 0 aromatic rings. The van der Waals surface area contributed by atoms with Crippen LogP contribution < -0.4 is 10.6 Å². The van der Waals surface area contributed by atoms with Gasteiger partial charge in [0.2, 0.25) is 0 Å². The van der Waals surface area contributed by atoms with Crippen molar-refractivity contribution in [2.75, 3.05) is 33.8 Å². The zero-order valence-corrected chi connectivity index (χ0v) is 13.5. The van der Waals surface area contributed by atoms with Crippen molar-refractivity contribution in [2.45, 2.75) is 45.3 Å². The molecule has 0 aromatic heterocycles. The fourth-order valence-corrected chi connectivity index (χ4v) is 1.65. The van der Waals surface area contributed by atoms with E-state index in [0.29, 0.717) is 12.6 Å². The Labute approximate surface area is 127 Å². The molecule has 7 heteroatoms. The molecule has 0 saturated heterocycles. The van der Waals surface area contributed by atoms with Crippen molar-refractivity contribution in [1.82, 2.24) is 15.5 Å². The summed E-state index contributed by atoms with van der Waals surface area (Å²) in [5, 5.41) is 14.0. The third-order valence-corrected chi connectivity index (χ3v) is 3.33. The normalized spacial score (nSPS) is 12.5. The highest BCUT2D eigenvalue weighted by molar-refractivity contribution is 5.74. The smallest absolute Gasteiger partial charge is 0.314 e. The van der Waals surface area contributed by atoms with Crippen LogP contribution in [0.3, 0.4) is 0 Å². The second-order valence-electron chi connectivity index (χ2n) is 5.37. The second-order valence-corrected chi connectivity index (χ2v) is 5.37. The molecule has 2 amide bonds. The molecule has 21 heavy (non-hydrogen) atoms. The van der Waals surface area contributed by atoms with E-state index in [4.69, 9.17) is 9.84 Å². The Morgan fingerprint density at radius 2 is 1.90 bits per heavy atom. The van der Waals surface area contributed by atoms with Gasteiger partial charge in [0, 0.05) is 26.2 Å². The Hall–Kier alpha value is -1.34. The third kappa shape index (κ3) is 11.0. The van der Waals surface area contributed by atoms with Crippen molar-refractivity contribution in [3.8, 4) is 0 Å². The van der Waals surface area contributed by atoms with Crippen LogP contribution in [0.5, 0.6) is 0 Å². The summed E-state index contributed by atoms with van der Waals surface area (Å²) < 4.78 is 4.97. The number of ether oxygens (including phenoxy) is 1. The summed E-state index contributed by atoms with van der Waals surface area (Å²) >= 11 is 0. The average molecular weight is 303 g/mol. The first-order valence-corrected chi connectivity index (χ1v) is 7.33. The Kier molecular flexibility index (Phi) is 10.6. The van der Waals surface area contributed by atoms with E-state index < -0.39 is 12.1 Å². The minimum Gasteiger partial charge on any atom is -0.481 e. The number of hydrogen-bond acceptors (Lipinski definition) is 4. The number of unbranched alkanes of at least 4 members (excludes halogenated alkanes) is 1. The van der Waals surface area contributed by atoms with E-state index in [9.17, 15) is 9.59 Å². The number of carboxylic acid groups (broad SMARTS) is 1. The molecule has 124 valence electrons. The number of carbonyl (C=O) groups excluding carboxylic acids is 1. The summed E-state index contributed by atoms with van der Waals surface area (Å²) in [5.41, 5.74) is 0. The van der Waals surface area contributed by atoms with Gasteiger partial charge in [0.05, 0.1) is 12.5 Å². The molecule has 0 saturated carbocycles. The quantitative estimate of drug-likeness (QED) is 0.493. The molecule has 0 heterocycles. The van der Waals surface area contributed by atoms with Crippen LogP contribution in [0, 0.1) is 0 Å². The third-order valence-electron chi connectivity index (χ3n) is 3.33. The van der Waals surface area contributed by atoms with Gasteiger partial charge in [-0.05, 0) is 40.3 Å². The van der Waals surface area contributed by atoms with Crippen LogP contribution in [-0.2, 0) is 9.53 Å². The van der Waals surface area contributed by atoms with E-state index >= 15 is 0 Å². The van der Waals surface area contributed by atoms with Gasteiger partial charge in [-0.2, -0.15) is 0 Å². The van der Waals surface area contributed by atoms with Crippen LogP contribution in [0.1, 0.15) is 33.1 Å². The Bertz CT molecular complexity index is 311. The van der Waals surface area contributed by atoms with Crippen molar-refractivity contribution >= 4 is 12.0 Å². The highest BCUT2D eigenvalue weighted by atomic mass is 16.5. The molecule has 0 aromatic carbocycles. The first-order chi connectivity index (χ1) is 9.86. The number of aliphatic carboxylic acids is 1. The summed E-state index contributed by atoms with van der Waals surface area (Å²) in [6.07, 6.45) is 1.30. The molecule has 3 N–H and O–H groups in total. The van der Waals surface area contributed by atoms with Crippen molar-refractivity contribution < 1.29 is 19.4 Å². The predicted octanol–water partition coefficient (Wildman–Crippen LogP) is 0.896. The number of nitrogens with one attached hydrogen (secondary N) is 2. The fraction of sp³-hybridized carbons (Fsp3) is 0.857. The van der Waals surface area contributed by atoms with E-state index in [0.717, 1.165) is 19.4 Å². The largest absolute Gasteiger partial charge is 0.481 e. The molecule has 7 nitrogen and oxygen atoms in total. The Morgan fingerprint density at radius 1 is 1.24 bits per heavy atom. The molecule has 0 fully saturated rings. The minimum absolute atomic E-state index is 0.127. The molecule has 0 rings (SSSR count). The van der Waals surface area contributed by atoms with Crippen molar-refractivity contribution in [1.29, 1.82) is 0 Å². The highest BCUT2D eigenvalue weighted by Gasteiger charge is 2.13. The second kappa shape index (κ2) is 11.3. The number of carboxylic acids is 1. The van der Waals surface area contributed by atoms with Gasteiger partial charge in [-0.25, -0.2) is 4.79 Å². The van der Waals surface area contributed by atoms with Crippen LogP contribution in [0.15, 0.2) is 0 Å². The van der Waals surface area contributed by atoms with Gasteiger partial charge in [-0.3, -0.25) is 4.79 Å². The van der Waals surface area contributed by atoms with Crippen LogP contribution in [0.4, 0.5) is 4.79 Å². The zero-order chi connectivity index (χ0) is 16.3. The average Bonchev–Trinajstić information content (AvgIpc) is 2.42. The maximum absolute atomic E-state index is 11.5. The van der Waals surface area contributed by atoms with Gasteiger partial charge in [0.1, 0.15) is 0 Å². The molecule has 0 aliphatic heterocycles. The number of nitrogens with zero attached hydrogens (tertiary/aromatic N) is 1. The van der Waals surface area contributed by atoms with E-state index in [1.807, 2.05) is 0 Å². The summed E-state index contributed by atoms with van der Waals surface area (Å²) in [4.78, 5) is 24.3. The Morgan fingerprint density at radius 3 is 2.43 bits per heavy atom. The molecular weight excluding hydrogens is 274 g/mol. The van der Waals surface area contributed by atoms with Crippen LogP contribution in [0.2, 0.25) is 0 Å². The summed E-state index contributed by atoms with van der Waals surface area (Å²) in [5.74, 6) is -0.946. The molecule has 0 aliphatic rings. The highest BCUT2D eigenvalue weighted by Crippen LogP contribution is 1.97. The van der Waals surface area contributed by atoms with Gasteiger partial charge in [-0.1, -0.05) is 0 Å². The number of hydrogen-bond donors (Lipinski definition) is 3. The van der Waals surface area contributed by atoms with Crippen molar-refractivity contribution in [2.24, 2.45) is 0 Å². The van der Waals surface area contributed by atoms with E-state index in [-0.39, 0.29) is 19.0 Å². The van der Waals surface area contributed by atoms with Gasteiger partial charge < -0.3 is 25.4 Å². The lowest BCUT2D eigenvalue weighted by atomic mass is 10.2. The molecule has 0 aliphatic carbocycles. The SMILES string of the molecule is COC(CNC(=O)NCCCCN(C)C(C)C)CC(=O)O. The van der Waals surface area contributed by atoms with E-state index in [1.54, 1.807) is 0 Å². The molecule has 0 spiro atoms. The summed E-state index contributed by atoms with van der Waals surface area (Å²) in [7, 11) is 3.51. The maximum Gasteiger partial charge on any atom is 0.314 e. The molecule has 1 unspecified atom stereocenters. The van der Waals surface area contributed by atoms with Crippen LogP contribution in [-0.4, -0.2) is 67.9 Å². The summed E-state index contributed by atoms with van der Waals surface area (Å²) in [6, 6.07) is 0.237. The van der Waals surface area contributed by atoms with E-state index in [1.165, 1.54) is 7.11 Å². The van der Waals surface area contributed by atoms with Gasteiger partial charge >= 0.3 is 12.0 Å². The lowest BCUT2D eigenvalue weighted by Gasteiger charge is -2.20. The van der Waals surface area contributed by atoms with Crippen molar-refractivity contribution in [3.63, 3.8) is 0 Å². The minimum atomic E-state index is -0.946. The summed E-state index contributed by atoms with van der Waals surface area (Å²) in [6.45, 7) is 6.09. The first kappa shape index (κ1) is 19.7. The zero-order valence-electron chi connectivity index (χ0n) is 13.5. The van der Waals surface area contributed by atoms with E-state index in [2.05, 4.69) is 36.4 Å². The first-order valence-electron chi connectivity index (χ1n) is 7.33. The van der Waals surface area contributed by atoms with Crippen molar-refractivity contribution in [3.05, 3.63) is 0 Å². The molecule has 0 bridgehead atoms. The lowest BCUT2D eigenvalue weighted by molar-refractivity contribution is -0.139. The van der Waals surface area contributed by atoms with Crippen LogP contribution in [0.25, 0.3) is 0 Å². The fourth-order valence-electron chi connectivity index (χ4n) is 1.65. The number of rotatable bonds is 11. The predicted molar refractivity (Wildman–Crippen MR) is 81.5 cm³/mol. The number of methoxy groups -OCH3 is 1. The van der Waals surface area contributed by atoms with Gasteiger partial charge in [-0.15, -0.1) is 0 Å². The standard InChI is InChI=1S/C14H29N3O4/c1-11(2)17(3)8-6-5-7-15-14(20)16-10-12(21-4)9-13(18)19/h11-12H,5-10H2,1-4H3,(H,18,19)(H2,15,16,20). The number of amides is 2. The van der Waals surface area contributed by atoms with Gasteiger partial charge in [0.25, 0.3) is 0 Å². The van der Waals surface area contributed by atoms with Gasteiger partial charge in [0.15, 0.2) is 0 Å². The lowest BCUT2D eigenvalue weighted by Crippen LogP contribution is -2.41.